The third kappa shape index (κ3) is 13.8. The van der Waals surface area contributed by atoms with Crippen LogP contribution in [0.25, 0.3) is 0 Å². The van der Waals surface area contributed by atoms with Crippen LogP contribution in [0, 0.1) is 5.92 Å². The molecule has 0 aromatic heterocycles. The Hall–Kier alpha value is -1.87. The van der Waals surface area contributed by atoms with Crippen LogP contribution >= 0.6 is 0 Å². The Morgan fingerprint density at radius 3 is 2.33 bits per heavy atom. The van der Waals surface area contributed by atoms with E-state index in [9.17, 15) is 4.79 Å². The van der Waals surface area contributed by atoms with Crippen molar-refractivity contribution in [1.82, 2.24) is 4.90 Å². The molecule has 0 saturated heterocycles. The van der Waals surface area contributed by atoms with E-state index in [1.807, 2.05) is 38.1 Å². The summed E-state index contributed by atoms with van der Waals surface area (Å²) in [5.41, 5.74) is 1.14. The molecule has 3 nitrogen and oxygen atoms in total. The number of nitrogens with zero attached hydrogens (tertiary/aromatic N) is 1. The van der Waals surface area contributed by atoms with E-state index in [1.54, 1.807) is 18.2 Å². The third-order valence-electron chi connectivity index (χ3n) is 3.08. The lowest BCUT2D eigenvalue weighted by molar-refractivity contribution is -0.128. The zero-order chi connectivity index (χ0) is 18.4. The van der Waals surface area contributed by atoms with Crippen LogP contribution in [0.15, 0.2) is 54.1 Å². The topological polar surface area (TPSA) is 29.5 Å². The third-order valence-corrected chi connectivity index (χ3v) is 3.08. The molecule has 0 unspecified atom stereocenters. The van der Waals surface area contributed by atoms with E-state index in [2.05, 4.69) is 32.8 Å². The maximum Gasteiger partial charge on any atom is 0.336 e. The lowest BCUT2D eigenvalue weighted by Crippen LogP contribution is -2.19. The Kier molecular flexibility index (Phi) is 12.5. The Morgan fingerprint density at radius 2 is 1.83 bits per heavy atom. The summed E-state index contributed by atoms with van der Waals surface area (Å²) in [6, 6.07) is 9.00. The van der Waals surface area contributed by atoms with Gasteiger partial charge in [0.15, 0.2) is 0 Å². The first-order valence-corrected chi connectivity index (χ1v) is 8.58. The van der Waals surface area contributed by atoms with Gasteiger partial charge in [-0.1, -0.05) is 56.2 Å². The molecule has 134 valence electrons. The summed E-state index contributed by atoms with van der Waals surface area (Å²) < 4.78 is 5.04. The van der Waals surface area contributed by atoms with Crippen molar-refractivity contribution in [3.05, 3.63) is 54.1 Å². The predicted octanol–water partition coefficient (Wildman–Crippen LogP) is 5.10. The number of rotatable bonds is 7. The number of hydrogen-bond acceptors (Lipinski definition) is 3. The summed E-state index contributed by atoms with van der Waals surface area (Å²) in [4.78, 5) is 13.5. The molecule has 1 aromatic carbocycles. The van der Waals surface area contributed by atoms with Crippen molar-refractivity contribution in [2.45, 2.75) is 40.5 Å². The first-order chi connectivity index (χ1) is 11.3. The minimum Gasteiger partial charge on any atom is -0.423 e. The molecule has 24 heavy (non-hydrogen) atoms. The molecule has 1 atom stereocenters. The van der Waals surface area contributed by atoms with Gasteiger partial charge in [-0.25, -0.2) is 4.79 Å². The summed E-state index contributed by atoms with van der Waals surface area (Å²) in [5, 5.41) is 0. The van der Waals surface area contributed by atoms with Crippen LogP contribution in [0.2, 0.25) is 0 Å². The van der Waals surface area contributed by atoms with Gasteiger partial charge in [0.25, 0.3) is 0 Å². The molecule has 0 radical (unpaired) electrons. The van der Waals surface area contributed by atoms with Gasteiger partial charge in [-0.2, -0.15) is 0 Å². The van der Waals surface area contributed by atoms with Crippen molar-refractivity contribution < 1.29 is 9.53 Å². The number of ether oxygens (including phenoxy) is 1. The summed E-state index contributed by atoms with van der Waals surface area (Å²) >= 11 is 0. The van der Waals surface area contributed by atoms with E-state index in [-0.39, 0.29) is 5.97 Å². The fourth-order valence-corrected chi connectivity index (χ4v) is 2.17. The number of hydrogen-bond donors (Lipinski definition) is 0. The Bertz CT molecular complexity index is 500. The summed E-state index contributed by atoms with van der Waals surface area (Å²) in [7, 11) is 4.26. The normalized spacial score (nSPS) is 11.6. The maximum atomic E-state index is 11.3. The first kappa shape index (κ1) is 22.1. The molecule has 3 heteroatoms. The predicted molar refractivity (Wildman–Crippen MR) is 103 cm³/mol. The number of allylic oxidation sites excluding steroid dienone is 3. The molecule has 0 aliphatic carbocycles. The second kappa shape index (κ2) is 13.6. The number of esters is 1. The zero-order valence-electron chi connectivity index (χ0n) is 16.1. The van der Waals surface area contributed by atoms with Crippen LogP contribution in [0.1, 0.15) is 40.5 Å². The minimum atomic E-state index is -0.362. The fourth-order valence-electron chi connectivity index (χ4n) is 2.17. The van der Waals surface area contributed by atoms with Crippen LogP contribution in [0.3, 0.4) is 0 Å². The van der Waals surface area contributed by atoms with Gasteiger partial charge in [-0.15, -0.1) is 0 Å². The molecule has 0 amide bonds. The van der Waals surface area contributed by atoms with E-state index < -0.39 is 0 Å². The van der Waals surface area contributed by atoms with Crippen LogP contribution in [0.4, 0.5) is 0 Å². The summed E-state index contributed by atoms with van der Waals surface area (Å²) in [5.74, 6) is 1.06. The van der Waals surface area contributed by atoms with Gasteiger partial charge >= 0.3 is 5.97 Å². The molecular weight excluding hydrogens is 298 g/mol. The molecule has 0 fully saturated rings. The van der Waals surface area contributed by atoms with Crippen LogP contribution in [-0.4, -0.2) is 31.5 Å². The summed E-state index contributed by atoms with van der Waals surface area (Å²) in [6.45, 7) is 9.71. The number of carbonyl (C=O) groups excluding carboxylic acids is 1. The van der Waals surface area contributed by atoms with Gasteiger partial charge in [-0.05, 0) is 52.4 Å². The van der Waals surface area contributed by atoms with Gasteiger partial charge in [0.2, 0.25) is 0 Å². The highest BCUT2D eigenvalue weighted by Crippen LogP contribution is 2.08. The van der Waals surface area contributed by atoms with E-state index in [1.165, 1.54) is 25.5 Å². The molecule has 0 bridgehead atoms. The Labute approximate surface area is 148 Å². The highest BCUT2D eigenvalue weighted by Gasteiger charge is 2.00. The van der Waals surface area contributed by atoms with Gasteiger partial charge in [0, 0.05) is 12.6 Å². The highest BCUT2D eigenvalue weighted by molar-refractivity contribution is 5.84. The lowest BCUT2D eigenvalue weighted by atomic mass is 10.1. The van der Waals surface area contributed by atoms with Crippen molar-refractivity contribution in [1.29, 1.82) is 0 Å². The van der Waals surface area contributed by atoms with Crippen LogP contribution in [0.5, 0.6) is 5.75 Å². The summed E-state index contributed by atoms with van der Waals surface area (Å²) in [6.07, 6.45) is 7.61. The van der Waals surface area contributed by atoms with E-state index in [0.717, 1.165) is 11.5 Å². The molecule has 0 aliphatic rings. The van der Waals surface area contributed by atoms with Gasteiger partial charge in [0.05, 0.1) is 0 Å². The van der Waals surface area contributed by atoms with Gasteiger partial charge < -0.3 is 9.64 Å². The van der Waals surface area contributed by atoms with Crippen LogP contribution < -0.4 is 4.74 Å². The molecule has 0 aliphatic heterocycles. The number of carbonyl (C=O) groups is 1. The standard InChI is InChI=1S/C13H14O2.C8H19N/c1-11(2)7-6-10-13(14)15-12-8-4-3-5-9-12;1-5-6-8(2)7-9(3)4/h3-10H,1-2H3;8H,5-7H2,1-4H3/b10-6+;/t;8-/m.0/s1. The van der Waals surface area contributed by atoms with Crippen molar-refractivity contribution in [3.63, 3.8) is 0 Å². The van der Waals surface area contributed by atoms with Crippen molar-refractivity contribution in [2.75, 3.05) is 20.6 Å². The first-order valence-electron chi connectivity index (χ1n) is 8.58. The maximum absolute atomic E-state index is 11.3. The van der Waals surface area contributed by atoms with Crippen molar-refractivity contribution in [3.8, 4) is 5.75 Å². The molecule has 0 saturated carbocycles. The molecule has 0 spiro atoms. The smallest absolute Gasteiger partial charge is 0.336 e. The monoisotopic (exact) mass is 331 g/mol. The lowest BCUT2D eigenvalue weighted by Gasteiger charge is -2.15. The fraction of sp³-hybridized carbons (Fsp3) is 0.476. The zero-order valence-corrected chi connectivity index (χ0v) is 16.1. The molecule has 1 aromatic rings. The SMILES string of the molecule is CC(C)=C/C=C/C(=O)Oc1ccccc1.CCC[C@H](C)CN(C)C. The van der Waals surface area contributed by atoms with Crippen LogP contribution in [-0.2, 0) is 4.79 Å². The average Bonchev–Trinajstić information content (AvgIpc) is 2.48. The van der Waals surface area contributed by atoms with E-state index in [4.69, 9.17) is 4.74 Å². The largest absolute Gasteiger partial charge is 0.423 e. The van der Waals surface area contributed by atoms with Gasteiger partial charge in [-0.3, -0.25) is 0 Å². The second-order valence-electron chi connectivity index (χ2n) is 6.49. The minimum absolute atomic E-state index is 0.362. The van der Waals surface area contributed by atoms with Crippen molar-refractivity contribution >= 4 is 5.97 Å². The molecule has 0 heterocycles. The van der Waals surface area contributed by atoms with E-state index >= 15 is 0 Å². The molecule has 1 rings (SSSR count). The highest BCUT2D eigenvalue weighted by atomic mass is 16.5. The van der Waals surface area contributed by atoms with E-state index in [0.29, 0.717) is 5.75 Å². The molecule has 0 N–H and O–H groups in total. The quantitative estimate of drug-likeness (QED) is 0.301. The van der Waals surface area contributed by atoms with Gasteiger partial charge in [0.1, 0.15) is 5.75 Å². The average molecular weight is 332 g/mol. The Balaban J connectivity index is 0.000000506. The Morgan fingerprint density at radius 1 is 1.21 bits per heavy atom. The van der Waals surface area contributed by atoms with Crippen molar-refractivity contribution in [2.24, 2.45) is 5.92 Å². The molecular formula is C21H33NO2. The number of benzene rings is 1. The second-order valence-corrected chi connectivity index (χ2v) is 6.49. The number of para-hydroxylation sites is 1.